The first-order valence-corrected chi connectivity index (χ1v) is 8.36. The molecule has 1 aliphatic rings. The summed E-state index contributed by atoms with van der Waals surface area (Å²) < 4.78 is 14.9. The van der Waals surface area contributed by atoms with Gasteiger partial charge in [0.2, 0.25) is 0 Å². The van der Waals surface area contributed by atoms with Crippen LogP contribution < -0.4 is 4.74 Å². The number of hydrogen-bond donors (Lipinski definition) is 0. The minimum Gasteiger partial charge on any atom is -0.492 e. The molecule has 8 nitrogen and oxygen atoms in total. The molecule has 2 amide bonds. The molecule has 0 bridgehead atoms. The number of methoxy groups -OCH3 is 2. The molecule has 0 saturated carbocycles. The molecule has 2 aromatic carbocycles. The second-order valence-corrected chi connectivity index (χ2v) is 5.89. The van der Waals surface area contributed by atoms with E-state index in [0.29, 0.717) is 11.1 Å². The van der Waals surface area contributed by atoms with E-state index in [0.717, 1.165) is 4.90 Å². The summed E-state index contributed by atoms with van der Waals surface area (Å²) in [5.41, 5.74) is 0.934. The lowest BCUT2D eigenvalue weighted by Crippen LogP contribution is -2.33. The van der Waals surface area contributed by atoms with E-state index in [4.69, 9.17) is 4.74 Å². The van der Waals surface area contributed by atoms with Gasteiger partial charge < -0.3 is 14.2 Å². The molecule has 0 atom stereocenters. The Morgan fingerprint density at radius 2 is 1.36 bits per heavy atom. The molecule has 1 aliphatic heterocycles. The van der Waals surface area contributed by atoms with E-state index in [1.165, 1.54) is 32.4 Å². The number of carbonyl (C=O) groups excluding carboxylic acids is 4. The monoisotopic (exact) mass is 383 g/mol. The van der Waals surface area contributed by atoms with E-state index in [1.54, 1.807) is 24.3 Å². The Hall–Kier alpha value is -3.68. The number of amides is 2. The first kappa shape index (κ1) is 19.1. The number of benzene rings is 2. The van der Waals surface area contributed by atoms with Gasteiger partial charge in [0.25, 0.3) is 11.8 Å². The summed E-state index contributed by atoms with van der Waals surface area (Å²) in [6.07, 6.45) is 0. The van der Waals surface area contributed by atoms with Gasteiger partial charge in [-0.25, -0.2) is 9.59 Å². The third kappa shape index (κ3) is 3.57. The van der Waals surface area contributed by atoms with Crippen LogP contribution in [-0.2, 0) is 9.47 Å². The van der Waals surface area contributed by atoms with Crippen LogP contribution in [0.5, 0.6) is 5.75 Å². The largest absolute Gasteiger partial charge is 0.492 e. The van der Waals surface area contributed by atoms with Crippen molar-refractivity contribution < 1.29 is 33.4 Å². The number of hydrogen-bond acceptors (Lipinski definition) is 7. The van der Waals surface area contributed by atoms with Gasteiger partial charge in [-0.2, -0.15) is 0 Å². The van der Waals surface area contributed by atoms with E-state index in [9.17, 15) is 19.2 Å². The summed E-state index contributed by atoms with van der Waals surface area (Å²) in [5.74, 6) is -1.85. The van der Waals surface area contributed by atoms with E-state index < -0.39 is 11.9 Å². The van der Waals surface area contributed by atoms with Gasteiger partial charge in [0.1, 0.15) is 12.4 Å². The lowest BCUT2D eigenvalue weighted by atomic mass is 10.1. The standard InChI is InChI=1S/C20H17NO7/c1-26-19(24)12-9-13(20(25)27-2)11-14(10-12)28-8-7-21-17(22)15-5-3-4-6-16(15)18(21)23/h3-6,9-11H,7-8H2,1-2H3. The van der Waals surface area contributed by atoms with Crippen LogP contribution in [0, 0.1) is 0 Å². The van der Waals surface area contributed by atoms with Gasteiger partial charge in [-0.1, -0.05) is 12.1 Å². The van der Waals surface area contributed by atoms with Gasteiger partial charge in [-0.15, -0.1) is 0 Å². The van der Waals surface area contributed by atoms with Crippen LogP contribution in [0.2, 0.25) is 0 Å². The van der Waals surface area contributed by atoms with Gasteiger partial charge in [0, 0.05) is 0 Å². The minimum atomic E-state index is -0.643. The fourth-order valence-corrected chi connectivity index (χ4v) is 2.85. The molecule has 0 aromatic heterocycles. The number of esters is 2. The molecule has 3 rings (SSSR count). The van der Waals surface area contributed by atoms with Crippen molar-refractivity contribution >= 4 is 23.8 Å². The molecular formula is C20H17NO7. The average molecular weight is 383 g/mol. The molecule has 28 heavy (non-hydrogen) atoms. The SMILES string of the molecule is COC(=O)c1cc(OCCN2C(=O)c3ccccc3C2=O)cc(C(=O)OC)c1. The van der Waals surface area contributed by atoms with Crippen molar-refractivity contribution in [3.63, 3.8) is 0 Å². The first-order chi connectivity index (χ1) is 13.5. The molecule has 144 valence electrons. The number of ether oxygens (including phenoxy) is 3. The highest BCUT2D eigenvalue weighted by Gasteiger charge is 2.34. The Kier molecular flexibility index (Phi) is 5.39. The first-order valence-electron chi connectivity index (χ1n) is 8.36. The third-order valence-corrected chi connectivity index (χ3v) is 4.21. The Morgan fingerprint density at radius 3 is 1.82 bits per heavy atom. The normalized spacial score (nSPS) is 12.6. The molecule has 0 radical (unpaired) electrons. The minimum absolute atomic E-state index is 0.0162. The van der Waals surface area contributed by atoms with Crippen LogP contribution in [0.4, 0.5) is 0 Å². The molecule has 2 aromatic rings. The number of fused-ring (bicyclic) bond motifs is 1. The van der Waals surface area contributed by atoms with Gasteiger partial charge in [0.15, 0.2) is 0 Å². The van der Waals surface area contributed by atoms with Crippen molar-refractivity contribution in [3.05, 3.63) is 64.7 Å². The van der Waals surface area contributed by atoms with E-state index in [-0.39, 0.29) is 41.8 Å². The Bertz CT molecular complexity index is 898. The third-order valence-electron chi connectivity index (χ3n) is 4.21. The molecule has 0 saturated heterocycles. The van der Waals surface area contributed by atoms with Crippen LogP contribution in [0.25, 0.3) is 0 Å². The van der Waals surface area contributed by atoms with Crippen molar-refractivity contribution in [1.29, 1.82) is 0 Å². The number of imide groups is 1. The van der Waals surface area contributed by atoms with Gasteiger partial charge in [-0.3, -0.25) is 14.5 Å². The van der Waals surface area contributed by atoms with Crippen molar-refractivity contribution in [3.8, 4) is 5.75 Å². The molecule has 0 N–H and O–H groups in total. The van der Waals surface area contributed by atoms with Crippen LogP contribution in [-0.4, -0.2) is 56.0 Å². The molecule has 0 unspecified atom stereocenters. The van der Waals surface area contributed by atoms with Crippen molar-refractivity contribution in [1.82, 2.24) is 4.90 Å². The Morgan fingerprint density at radius 1 is 0.857 bits per heavy atom. The zero-order chi connectivity index (χ0) is 20.3. The highest BCUT2D eigenvalue weighted by molar-refractivity contribution is 6.21. The highest BCUT2D eigenvalue weighted by Crippen LogP contribution is 2.23. The Labute approximate surface area is 160 Å². The van der Waals surface area contributed by atoms with E-state index >= 15 is 0 Å². The lowest BCUT2D eigenvalue weighted by molar-refractivity contribution is 0.0595. The molecule has 0 spiro atoms. The predicted octanol–water partition coefficient (Wildman–Crippen LogP) is 1.93. The summed E-state index contributed by atoms with van der Waals surface area (Å²) in [7, 11) is 2.44. The lowest BCUT2D eigenvalue weighted by Gasteiger charge is -2.15. The second-order valence-electron chi connectivity index (χ2n) is 5.89. The summed E-state index contributed by atoms with van der Waals surface area (Å²) in [6.45, 7) is -0.000929. The zero-order valence-corrected chi connectivity index (χ0v) is 15.3. The van der Waals surface area contributed by atoms with Gasteiger partial charge in [-0.05, 0) is 30.3 Å². The summed E-state index contributed by atoms with van der Waals surface area (Å²) in [4.78, 5) is 49.4. The maximum absolute atomic E-state index is 12.3. The van der Waals surface area contributed by atoms with Crippen molar-refractivity contribution in [2.45, 2.75) is 0 Å². The number of nitrogens with zero attached hydrogens (tertiary/aromatic N) is 1. The van der Waals surface area contributed by atoms with Crippen molar-refractivity contribution in [2.75, 3.05) is 27.4 Å². The second kappa shape index (κ2) is 7.91. The Balaban J connectivity index is 1.73. The van der Waals surface area contributed by atoms with Crippen LogP contribution >= 0.6 is 0 Å². The maximum Gasteiger partial charge on any atom is 0.338 e. The molecule has 0 aliphatic carbocycles. The molecular weight excluding hydrogens is 366 g/mol. The van der Waals surface area contributed by atoms with Gasteiger partial charge >= 0.3 is 11.9 Å². The topological polar surface area (TPSA) is 99.2 Å². The maximum atomic E-state index is 12.3. The summed E-state index contributed by atoms with van der Waals surface area (Å²) >= 11 is 0. The number of rotatable bonds is 6. The quantitative estimate of drug-likeness (QED) is 0.555. The smallest absolute Gasteiger partial charge is 0.338 e. The molecule has 8 heteroatoms. The molecule has 0 fully saturated rings. The van der Waals surface area contributed by atoms with Gasteiger partial charge in [0.05, 0.1) is 43.0 Å². The van der Waals surface area contributed by atoms with Crippen LogP contribution in [0.3, 0.4) is 0 Å². The van der Waals surface area contributed by atoms with E-state index in [2.05, 4.69) is 9.47 Å². The van der Waals surface area contributed by atoms with Crippen molar-refractivity contribution in [2.24, 2.45) is 0 Å². The van der Waals surface area contributed by atoms with Crippen LogP contribution in [0.1, 0.15) is 41.4 Å². The zero-order valence-electron chi connectivity index (χ0n) is 15.3. The fourth-order valence-electron chi connectivity index (χ4n) is 2.85. The highest BCUT2D eigenvalue weighted by atomic mass is 16.5. The number of carbonyl (C=O) groups is 4. The fraction of sp³-hybridized carbons (Fsp3) is 0.200. The van der Waals surface area contributed by atoms with Crippen LogP contribution in [0.15, 0.2) is 42.5 Å². The summed E-state index contributed by atoms with van der Waals surface area (Å²) in [6, 6.07) is 10.7. The van der Waals surface area contributed by atoms with E-state index in [1.807, 2.05) is 0 Å². The summed E-state index contributed by atoms with van der Waals surface area (Å²) in [5, 5.41) is 0. The average Bonchev–Trinajstić information content (AvgIpc) is 2.97. The molecule has 1 heterocycles. The predicted molar refractivity (Wildman–Crippen MR) is 96.4 cm³/mol.